The van der Waals surface area contributed by atoms with Crippen LogP contribution < -0.4 is 24.0 Å². The fraction of sp³-hybridized carbons (Fsp3) is 0.474. The van der Waals surface area contributed by atoms with Crippen LogP contribution >= 0.6 is 0 Å². The molecule has 0 unspecified atom stereocenters. The number of aromatic nitrogens is 1. The lowest BCUT2D eigenvalue weighted by Crippen LogP contribution is -2.54. The average molecular weight is 454 g/mol. The molecule has 3 rings (SSSR count). The maximum absolute atomic E-state index is 11.6. The number of nitrogens with one attached hydrogen (secondary N) is 2. The zero-order chi connectivity index (χ0) is 22.4. The van der Waals surface area contributed by atoms with Crippen LogP contribution in [0.2, 0.25) is 0 Å². The van der Waals surface area contributed by atoms with Crippen molar-refractivity contribution in [2.45, 2.75) is 13.0 Å². The number of piperazine rings is 1. The highest BCUT2D eigenvalue weighted by Gasteiger charge is 2.25. The molecule has 1 aliphatic rings. The quantitative estimate of drug-likeness (QED) is 0.386. The van der Waals surface area contributed by atoms with Crippen molar-refractivity contribution in [3.05, 3.63) is 24.4 Å². The molecule has 170 valence electrons. The average Bonchev–Trinajstić information content (AvgIpc) is 2.77. The first-order valence-electron chi connectivity index (χ1n) is 9.74. The summed E-state index contributed by atoms with van der Waals surface area (Å²) >= 11 is 0. The third kappa shape index (κ3) is 5.53. The second kappa shape index (κ2) is 10.1. The molecular weight excluding hydrogens is 426 g/mol. The van der Waals surface area contributed by atoms with E-state index in [1.807, 2.05) is 18.2 Å². The van der Waals surface area contributed by atoms with E-state index in [0.29, 0.717) is 18.0 Å². The van der Waals surface area contributed by atoms with E-state index in [1.165, 1.54) is 0 Å². The van der Waals surface area contributed by atoms with E-state index >= 15 is 0 Å². The summed E-state index contributed by atoms with van der Waals surface area (Å²) in [6.07, 6.45) is 1.78. The van der Waals surface area contributed by atoms with E-state index in [4.69, 9.17) is 9.47 Å². The molecule has 0 saturated carbocycles. The van der Waals surface area contributed by atoms with E-state index in [0.717, 1.165) is 36.2 Å². The summed E-state index contributed by atoms with van der Waals surface area (Å²) < 4.78 is 36.4. The largest absolute Gasteiger partial charge is 0.493 e. The van der Waals surface area contributed by atoms with Gasteiger partial charge in [-0.05, 0) is 23.9 Å². The van der Waals surface area contributed by atoms with Gasteiger partial charge in [-0.3, -0.25) is 14.7 Å². The number of benzene rings is 1. The smallest absolute Gasteiger partial charge is 0.314 e. The van der Waals surface area contributed by atoms with Gasteiger partial charge in [-0.1, -0.05) is 0 Å². The molecular formula is C19H27N5O6S. The van der Waals surface area contributed by atoms with Crippen molar-refractivity contribution in [2.75, 3.05) is 51.8 Å². The van der Waals surface area contributed by atoms with Gasteiger partial charge in [0, 0.05) is 62.1 Å². The standard InChI is InChI=1S/C19H27N5O6S/c1-14-12-24(9-8-23(14)7-6-21-31(26,27)22-30-13-25)17-4-5-20-16-11-19(29-3)18(28-2)10-15(16)17/h4-5,10-11,13-14,21-22H,6-9,12H2,1-3H3/t14-/m0/s1. The van der Waals surface area contributed by atoms with Crippen molar-refractivity contribution in [1.29, 1.82) is 0 Å². The number of nitrogens with zero attached hydrogens (tertiary/aromatic N) is 3. The lowest BCUT2D eigenvalue weighted by molar-refractivity contribution is -0.131. The van der Waals surface area contributed by atoms with E-state index in [-0.39, 0.29) is 19.1 Å². The molecule has 1 aliphatic heterocycles. The highest BCUT2D eigenvalue weighted by atomic mass is 32.2. The van der Waals surface area contributed by atoms with Gasteiger partial charge in [-0.2, -0.15) is 13.1 Å². The van der Waals surface area contributed by atoms with Crippen LogP contribution in [0.25, 0.3) is 10.9 Å². The Bertz CT molecular complexity index is 1020. The Labute approximate surface area is 181 Å². The summed E-state index contributed by atoms with van der Waals surface area (Å²) in [7, 11) is -0.668. The number of pyridine rings is 1. The number of methoxy groups -OCH3 is 2. The topological polar surface area (TPSA) is 122 Å². The number of carbonyl (C=O) groups is 1. The normalized spacial score (nSPS) is 17.5. The molecule has 1 aromatic heterocycles. The van der Waals surface area contributed by atoms with Gasteiger partial charge in [0.15, 0.2) is 11.5 Å². The van der Waals surface area contributed by atoms with Crippen molar-refractivity contribution < 1.29 is 27.5 Å². The van der Waals surface area contributed by atoms with Gasteiger partial charge in [0.05, 0.1) is 19.7 Å². The van der Waals surface area contributed by atoms with Crippen LogP contribution in [0.15, 0.2) is 24.4 Å². The van der Waals surface area contributed by atoms with Crippen molar-refractivity contribution in [1.82, 2.24) is 19.5 Å². The van der Waals surface area contributed by atoms with Crippen molar-refractivity contribution in [3.63, 3.8) is 0 Å². The van der Waals surface area contributed by atoms with Crippen molar-refractivity contribution in [2.24, 2.45) is 0 Å². The Morgan fingerprint density at radius 3 is 2.65 bits per heavy atom. The molecule has 0 bridgehead atoms. The van der Waals surface area contributed by atoms with Gasteiger partial charge in [-0.25, -0.2) is 0 Å². The van der Waals surface area contributed by atoms with E-state index < -0.39 is 10.2 Å². The number of carbonyl (C=O) groups excluding carboxylic acids is 1. The van der Waals surface area contributed by atoms with Crippen LogP contribution in [-0.2, 0) is 19.8 Å². The lowest BCUT2D eigenvalue weighted by Gasteiger charge is -2.41. The Balaban J connectivity index is 1.67. The molecule has 0 radical (unpaired) electrons. The zero-order valence-corrected chi connectivity index (χ0v) is 18.5. The van der Waals surface area contributed by atoms with Gasteiger partial charge < -0.3 is 19.2 Å². The maximum Gasteiger partial charge on any atom is 0.314 e. The monoisotopic (exact) mass is 453 g/mol. The minimum Gasteiger partial charge on any atom is -0.493 e. The van der Waals surface area contributed by atoms with Crippen LogP contribution in [0, 0.1) is 0 Å². The van der Waals surface area contributed by atoms with Gasteiger partial charge in [0.25, 0.3) is 0 Å². The summed E-state index contributed by atoms with van der Waals surface area (Å²) in [4.78, 5) is 24.8. The number of fused-ring (bicyclic) bond motifs is 1. The molecule has 2 heterocycles. The third-order valence-corrected chi connectivity index (χ3v) is 6.13. The summed E-state index contributed by atoms with van der Waals surface area (Å²) in [5.74, 6) is 1.28. The predicted octanol–water partition coefficient (Wildman–Crippen LogP) is 0.275. The second-order valence-corrected chi connectivity index (χ2v) is 8.54. The van der Waals surface area contributed by atoms with Gasteiger partial charge in [-0.15, -0.1) is 0 Å². The first-order chi connectivity index (χ1) is 14.9. The van der Waals surface area contributed by atoms with Crippen LogP contribution in [0.1, 0.15) is 6.92 Å². The van der Waals surface area contributed by atoms with Crippen LogP contribution in [0.5, 0.6) is 11.5 Å². The number of hydrogen-bond donors (Lipinski definition) is 2. The third-order valence-electron chi connectivity index (χ3n) is 5.23. The van der Waals surface area contributed by atoms with E-state index in [9.17, 15) is 13.2 Å². The SMILES string of the molecule is COc1cc2nccc(N3CCN(CCNS(=O)(=O)NOC=O)[C@@H](C)C3)c2cc1OC. The van der Waals surface area contributed by atoms with E-state index in [1.54, 1.807) is 25.3 Å². The van der Waals surface area contributed by atoms with Crippen molar-refractivity contribution in [3.8, 4) is 11.5 Å². The minimum absolute atomic E-state index is 0.00893. The molecule has 0 aliphatic carbocycles. The summed E-state index contributed by atoms with van der Waals surface area (Å²) in [6.45, 7) is 5.13. The van der Waals surface area contributed by atoms with Gasteiger partial charge in [0.2, 0.25) is 0 Å². The first-order valence-corrected chi connectivity index (χ1v) is 11.2. The molecule has 1 aromatic carbocycles. The molecule has 0 spiro atoms. The molecule has 1 atom stereocenters. The zero-order valence-electron chi connectivity index (χ0n) is 17.7. The number of rotatable bonds is 10. The van der Waals surface area contributed by atoms with Crippen LogP contribution in [-0.4, -0.2) is 77.8 Å². The lowest BCUT2D eigenvalue weighted by atomic mass is 10.1. The Kier molecular flexibility index (Phi) is 7.49. The molecule has 1 fully saturated rings. The number of ether oxygens (including phenoxy) is 2. The minimum atomic E-state index is -3.87. The Morgan fingerprint density at radius 1 is 1.23 bits per heavy atom. The fourth-order valence-corrected chi connectivity index (χ4v) is 4.30. The first kappa shape index (κ1) is 23.0. The van der Waals surface area contributed by atoms with E-state index in [2.05, 4.69) is 31.3 Å². The Morgan fingerprint density at radius 2 is 1.97 bits per heavy atom. The summed E-state index contributed by atoms with van der Waals surface area (Å²) in [6, 6.07) is 5.99. The van der Waals surface area contributed by atoms with Gasteiger partial charge in [0.1, 0.15) is 0 Å². The highest BCUT2D eigenvalue weighted by molar-refractivity contribution is 7.87. The number of hydrogen-bond acceptors (Lipinski definition) is 9. The second-order valence-electron chi connectivity index (χ2n) is 7.08. The predicted molar refractivity (Wildman–Crippen MR) is 115 cm³/mol. The molecule has 11 nitrogen and oxygen atoms in total. The fourth-order valence-electron chi connectivity index (χ4n) is 3.72. The van der Waals surface area contributed by atoms with Crippen LogP contribution in [0.4, 0.5) is 5.69 Å². The summed E-state index contributed by atoms with van der Waals surface area (Å²) in [5, 5.41) is 0.981. The molecule has 2 aromatic rings. The maximum atomic E-state index is 11.6. The molecule has 1 saturated heterocycles. The van der Waals surface area contributed by atoms with Crippen LogP contribution in [0.3, 0.4) is 0 Å². The molecule has 31 heavy (non-hydrogen) atoms. The Hall–Kier alpha value is -2.67. The van der Waals surface area contributed by atoms with Crippen molar-refractivity contribution >= 4 is 33.3 Å². The molecule has 12 heteroatoms. The molecule has 2 N–H and O–H groups in total. The summed E-state index contributed by atoms with van der Waals surface area (Å²) in [5.41, 5.74) is 1.89. The molecule has 0 amide bonds. The highest BCUT2D eigenvalue weighted by Crippen LogP contribution is 2.36. The van der Waals surface area contributed by atoms with Gasteiger partial charge >= 0.3 is 16.7 Å². The number of anilines is 1.